The topological polar surface area (TPSA) is 307 Å². The van der Waals surface area contributed by atoms with Gasteiger partial charge in [-0.15, -0.1) is 0 Å². The molecular weight excluding hydrogens is 915 g/mol. The molecular formula is C51H93NO18. The molecule has 0 aromatic rings. The Balaban J connectivity index is 1.57. The Bertz CT molecular complexity index is 1390. The molecule has 0 bridgehead atoms. The van der Waals surface area contributed by atoms with Crippen molar-refractivity contribution in [2.75, 3.05) is 26.4 Å². The van der Waals surface area contributed by atoms with Gasteiger partial charge in [0.2, 0.25) is 5.91 Å². The van der Waals surface area contributed by atoms with Gasteiger partial charge in [0.25, 0.3) is 0 Å². The van der Waals surface area contributed by atoms with Crippen molar-refractivity contribution >= 4 is 5.91 Å². The number of nitrogens with one attached hydrogen (secondary N) is 1. The number of hydrogen-bond donors (Lipinski definition) is 12. The zero-order valence-electron chi connectivity index (χ0n) is 42.0. The first-order valence-corrected chi connectivity index (χ1v) is 26.6. The lowest BCUT2D eigenvalue weighted by Gasteiger charge is -2.48. The highest BCUT2D eigenvalue weighted by Gasteiger charge is 2.53. The fourth-order valence-corrected chi connectivity index (χ4v) is 9.03. The Morgan fingerprint density at radius 3 is 1.43 bits per heavy atom. The smallest absolute Gasteiger partial charge is 0.220 e. The number of amides is 1. The van der Waals surface area contributed by atoms with Crippen LogP contribution in [0.1, 0.15) is 162 Å². The van der Waals surface area contributed by atoms with E-state index in [4.69, 9.17) is 28.4 Å². The van der Waals surface area contributed by atoms with E-state index in [0.29, 0.717) is 12.8 Å². The van der Waals surface area contributed by atoms with Crippen molar-refractivity contribution < 1.29 is 89.4 Å². The van der Waals surface area contributed by atoms with Crippen LogP contribution in [0.4, 0.5) is 0 Å². The Morgan fingerprint density at radius 2 is 0.914 bits per heavy atom. The number of rotatable bonds is 37. The van der Waals surface area contributed by atoms with E-state index in [1.807, 2.05) is 6.08 Å². The zero-order chi connectivity index (χ0) is 51.3. The minimum absolute atomic E-state index is 0.239. The maximum Gasteiger partial charge on any atom is 0.220 e. The molecule has 3 saturated heterocycles. The maximum atomic E-state index is 13.2. The maximum absolute atomic E-state index is 13.2. The lowest BCUT2D eigenvalue weighted by Crippen LogP contribution is -2.66. The molecule has 12 N–H and O–H groups in total. The summed E-state index contributed by atoms with van der Waals surface area (Å²) in [5.41, 5.74) is 0. The van der Waals surface area contributed by atoms with Crippen molar-refractivity contribution in [2.45, 2.75) is 266 Å². The molecule has 19 nitrogen and oxygen atoms in total. The van der Waals surface area contributed by atoms with Gasteiger partial charge in [-0.05, 0) is 32.1 Å². The molecule has 410 valence electrons. The lowest BCUT2D eigenvalue weighted by molar-refractivity contribution is -0.379. The SMILES string of the molecule is CCCCCCCC/C=C/CC/C=C/C(O)C(COC1OC(CO)C(OC2OC(CO)C(OC3OC(CO)C(O)C(O)C3O)C(O)C2O)C(O)C1O)NC(=O)CCCCCCCCCCCCCCC. The van der Waals surface area contributed by atoms with Crippen LogP contribution in [-0.2, 0) is 33.2 Å². The van der Waals surface area contributed by atoms with Crippen LogP contribution < -0.4 is 5.32 Å². The van der Waals surface area contributed by atoms with Gasteiger partial charge in [-0.1, -0.05) is 147 Å². The van der Waals surface area contributed by atoms with Crippen molar-refractivity contribution in [3.63, 3.8) is 0 Å². The fourth-order valence-electron chi connectivity index (χ4n) is 9.03. The molecule has 19 heteroatoms. The van der Waals surface area contributed by atoms with Gasteiger partial charge < -0.3 is 89.9 Å². The summed E-state index contributed by atoms with van der Waals surface area (Å²) in [6.07, 6.45) is 6.12. The quantitative estimate of drug-likeness (QED) is 0.0314. The number of carbonyl (C=O) groups is 1. The van der Waals surface area contributed by atoms with Crippen LogP contribution in [0.2, 0.25) is 0 Å². The van der Waals surface area contributed by atoms with Crippen LogP contribution in [0.25, 0.3) is 0 Å². The third-order valence-electron chi connectivity index (χ3n) is 13.5. The first-order valence-electron chi connectivity index (χ1n) is 26.6. The summed E-state index contributed by atoms with van der Waals surface area (Å²) in [5, 5.41) is 120. The number of ether oxygens (including phenoxy) is 6. The highest BCUT2D eigenvalue weighted by Crippen LogP contribution is 2.33. The number of aliphatic hydroxyl groups excluding tert-OH is 11. The number of carbonyl (C=O) groups excluding carboxylic acids is 1. The molecule has 0 aliphatic carbocycles. The van der Waals surface area contributed by atoms with Gasteiger partial charge in [0.1, 0.15) is 73.2 Å². The third-order valence-corrected chi connectivity index (χ3v) is 13.5. The van der Waals surface area contributed by atoms with E-state index in [2.05, 4.69) is 31.3 Å². The van der Waals surface area contributed by atoms with Gasteiger partial charge in [0.15, 0.2) is 18.9 Å². The predicted molar refractivity (Wildman–Crippen MR) is 259 cm³/mol. The molecule has 3 rings (SSSR count). The van der Waals surface area contributed by atoms with Crippen molar-refractivity contribution in [2.24, 2.45) is 0 Å². The summed E-state index contributed by atoms with van der Waals surface area (Å²) in [6.45, 7) is 1.65. The second kappa shape index (κ2) is 36.3. The van der Waals surface area contributed by atoms with E-state index < -0.39 is 124 Å². The van der Waals surface area contributed by atoms with Crippen molar-refractivity contribution in [3.05, 3.63) is 24.3 Å². The van der Waals surface area contributed by atoms with E-state index in [9.17, 15) is 61.0 Å². The van der Waals surface area contributed by atoms with Crippen LogP contribution in [0.5, 0.6) is 0 Å². The van der Waals surface area contributed by atoms with Gasteiger partial charge >= 0.3 is 0 Å². The second-order valence-corrected chi connectivity index (χ2v) is 19.3. The summed E-state index contributed by atoms with van der Waals surface area (Å²) in [7, 11) is 0. The fraction of sp³-hybridized carbons (Fsp3) is 0.902. The van der Waals surface area contributed by atoms with Crippen molar-refractivity contribution in [1.82, 2.24) is 5.32 Å². The Kier molecular flexibility index (Phi) is 32.4. The van der Waals surface area contributed by atoms with E-state index in [1.54, 1.807) is 6.08 Å². The van der Waals surface area contributed by atoms with Crippen LogP contribution in [-0.4, -0.2) is 193 Å². The van der Waals surface area contributed by atoms with Gasteiger partial charge in [-0.2, -0.15) is 0 Å². The molecule has 17 atom stereocenters. The summed E-state index contributed by atoms with van der Waals surface area (Å²) in [6, 6.07) is -0.982. The van der Waals surface area contributed by atoms with Crippen LogP contribution in [0, 0.1) is 0 Å². The molecule has 0 spiro atoms. The summed E-state index contributed by atoms with van der Waals surface area (Å²) >= 11 is 0. The Morgan fingerprint density at radius 1 is 0.500 bits per heavy atom. The van der Waals surface area contributed by atoms with Gasteiger partial charge in [-0.3, -0.25) is 4.79 Å². The Hall–Kier alpha value is -1.73. The standard InChI is InChI=1S/C51H93NO18/c1-3-5-7-9-11-13-15-17-19-21-23-25-27-29-39(57)52-34(35(56)28-26-24-22-20-18-16-14-12-10-8-6-4-2)33-65-49-45(63)42(60)47(37(31-54)67-49)70-51-46(64)43(61)48(38(32-55)68-51)69-50-44(62)41(59)40(58)36(30-53)66-50/h18,20,26,28,34-38,40-51,53-56,58-64H,3-17,19,21-25,27,29-33H2,1-2H3,(H,52,57)/b20-18+,28-26+. The van der Waals surface area contributed by atoms with Gasteiger partial charge in [0, 0.05) is 6.42 Å². The number of hydrogen-bond acceptors (Lipinski definition) is 18. The molecule has 3 aliphatic heterocycles. The molecule has 0 aromatic heterocycles. The highest BCUT2D eigenvalue weighted by atomic mass is 16.8. The summed E-state index contributed by atoms with van der Waals surface area (Å²) in [5.74, 6) is -0.288. The normalized spacial score (nSPS) is 32.7. The zero-order valence-corrected chi connectivity index (χ0v) is 42.0. The largest absolute Gasteiger partial charge is 0.394 e. The molecule has 17 unspecified atom stereocenters. The van der Waals surface area contributed by atoms with Gasteiger partial charge in [-0.25, -0.2) is 0 Å². The van der Waals surface area contributed by atoms with E-state index in [0.717, 1.165) is 38.5 Å². The van der Waals surface area contributed by atoms with E-state index in [-0.39, 0.29) is 18.9 Å². The van der Waals surface area contributed by atoms with E-state index in [1.165, 1.54) is 89.9 Å². The second-order valence-electron chi connectivity index (χ2n) is 19.3. The van der Waals surface area contributed by atoms with Crippen LogP contribution in [0.3, 0.4) is 0 Å². The van der Waals surface area contributed by atoms with E-state index >= 15 is 0 Å². The average molecular weight is 1010 g/mol. The first-order chi connectivity index (χ1) is 33.8. The molecule has 3 aliphatic rings. The first kappa shape index (κ1) is 62.6. The monoisotopic (exact) mass is 1010 g/mol. The molecule has 3 heterocycles. The molecule has 70 heavy (non-hydrogen) atoms. The van der Waals surface area contributed by atoms with Crippen LogP contribution in [0.15, 0.2) is 24.3 Å². The highest BCUT2D eigenvalue weighted by molar-refractivity contribution is 5.76. The predicted octanol–water partition coefficient (Wildman–Crippen LogP) is 2.42. The van der Waals surface area contributed by atoms with Crippen molar-refractivity contribution in [1.29, 1.82) is 0 Å². The van der Waals surface area contributed by atoms with Crippen molar-refractivity contribution in [3.8, 4) is 0 Å². The van der Waals surface area contributed by atoms with Crippen LogP contribution >= 0.6 is 0 Å². The molecule has 1 amide bonds. The molecule has 0 saturated carbocycles. The minimum Gasteiger partial charge on any atom is -0.394 e. The number of aliphatic hydroxyl groups is 11. The molecule has 0 aromatic carbocycles. The summed E-state index contributed by atoms with van der Waals surface area (Å²) in [4.78, 5) is 13.2. The lowest BCUT2D eigenvalue weighted by atomic mass is 9.96. The molecule has 3 fully saturated rings. The van der Waals surface area contributed by atoms with Gasteiger partial charge in [0.05, 0.1) is 38.6 Å². The molecule has 0 radical (unpaired) electrons. The number of unbranched alkanes of at least 4 members (excludes halogenated alkanes) is 19. The Labute approximate surface area is 416 Å². The summed E-state index contributed by atoms with van der Waals surface area (Å²) < 4.78 is 34.1. The minimum atomic E-state index is -1.98. The third kappa shape index (κ3) is 21.6. The number of allylic oxidation sites excluding steroid dienone is 3. The average Bonchev–Trinajstić information content (AvgIpc) is 3.35.